The SMILES string of the molecule is O=S(=O)(CCCCl)NC1CCOC1. The summed E-state index contributed by atoms with van der Waals surface area (Å²) in [5.74, 6) is 0.481. The summed E-state index contributed by atoms with van der Waals surface area (Å²) in [6.07, 6.45) is 1.25. The van der Waals surface area contributed by atoms with Crippen LogP contribution in [0.2, 0.25) is 0 Å². The van der Waals surface area contributed by atoms with Crippen molar-refractivity contribution in [2.24, 2.45) is 0 Å². The molecule has 1 saturated heterocycles. The topological polar surface area (TPSA) is 55.4 Å². The highest BCUT2D eigenvalue weighted by molar-refractivity contribution is 7.89. The zero-order chi connectivity index (χ0) is 9.73. The molecule has 78 valence electrons. The van der Waals surface area contributed by atoms with Crippen LogP contribution in [0.25, 0.3) is 0 Å². The smallest absolute Gasteiger partial charge is 0.211 e. The van der Waals surface area contributed by atoms with Crippen LogP contribution in [0.1, 0.15) is 12.8 Å². The standard InChI is InChI=1S/C7H14ClNO3S/c8-3-1-5-13(10,11)9-7-2-4-12-6-7/h7,9H,1-6H2. The van der Waals surface area contributed by atoms with Gasteiger partial charge in [-0.1, -0.05) is 0 Å². The first kappa shape index (κ1) is 11.2. The molecule has 0 aromatic rings. The second kappa shape index (κ2) is 5.14. The molecule has 13 heavy (non-hydrogen) atoms. The van der Waals surface area contributed by atoms with Crippen LogP contribution in [0.15, 0.2) is 0 Å². The van der Waals surface area contributed by atoms with Gasteiger partial charge in [0, 0.05) is 18.5 Å². The Labute approximate surface area is 83.7 Å². The van der Waals surface area contributed by atoms with E-state index in [0.717, 1.165) is 6.42 Å². The van der Waals surface area contributed by atoms with E-state index in [1.807, 2.05) is 0 Å². The van der Waals surface area contributed by atoms with Gasteiger partial charge in [0.15, 0.2) is 0 Å². The maximum Gasteiger partial charge on any atom is 0.211 e. The molecule has 1 unspecified atom stereocenters. The van der Waals surface area contributed by atoms with E-state index in [0.29, 0.717) is 25.5 Å². The average molecular weight is 228 g/mol. The Hall–Kier alpha value is 0.160. The zero-order valence-corrected chi connectivity index (χ0v) is 8.90. The van der Waals surface area contributed by atoms with Gasteiger partial charge in [0.1, 0.15) is 0 Å². The van der Waals surface area contributed by atoms with E-state index in [4.69, 9.17) is 16.3 Å². The van der Waals surface area contributed by atoms with Crippen molar-refractivity contribution in [2.45, 2.75) is 18.9 Å². The van der Waals surface area contributed by atoms with Gasteiger partial charge in [0.2, 0.25) is 10.0 Å². The van der Waals surface area contributed by atoms with Gasteiger partial charge in [-0.2, -0.15) is 0 Å². The predicted molar refractivity (Wildman–Crippen MR) is 51.5 cm³/mol. The Kier molecular flexibility index (Phi) is 4.45. The van der Waals surface area contributed by atoms with Crippen LogP contribution >= 0.6 is 11.6 Å². The van der Waals surface area contributed by atoms with Crippen molar-refractivity contribution in [3.05, 3.63) is 0 Å². The third-order valence-corrected chi connectivity index (χ3v) is 3.61. The molecule has 0 saturated carbocycles. The highest BCUT2D eigenvalue weighted by atomic mass is 35.5. The first-order valence-electron chi connectivity index (χ1n) is 4.28. The average Bonchev–Trinajstić information content (AvgIpc) is 2.52. The molecule has 0 spiro atoms. The van der Waals surface area contributed by atoms with E-state index in [-0.39, 0.29) is 11.8 Å². The third-order valence-electron chi connectivity index (χ3n) is 1.82. The molecule has 6 heteroatoms. The van der Waals surface area contributed by atoms with Crippen LogP contribution in [-0.2, 0) is 14.8 Å². The molecule has 1 fully saturated rings. The van der Waals surface area contributed by atoms with Crippen LogP contribution < -0.4 is 4.72 Å². The van der Waals surface area contributed by atoms with Crippen LogP contribution in [0.4, 0.5) is 0 Å². The lowest BCUT2D eigenvalue weighted by molar-refractivity contribution is 0.192. The largest absolute Gasteiger partial charge is 0.380 e. The summed E-state index contributed by atoms with van der Waals surface area (Å²) in [6, 6.07) is -0.0414. The van der Waals surface area contributed by atoms with Gasteiger partial charge in [-0.05, 0) is 12.8 Å². The molecule has 1 heterocycles. The summed E-state index contributed by atoms with van der Waals surface area (Å²) in [4.78, 5) is 0. The van der Waals surface area contributed by atoms with Crippen LogP contribution in [0.5, 0.6) is 0 Å². The minimum Gasteiger partial charge on any atom is -0.380 e. The molecule has 0 aromatic heterocycles. The number of ether oxygens (including phenoxy) is 1. The second-order valence-electron chi connectivity index (χ2n) is 3.04. The van der Waals surface area contributed by atoms with Gasteiger partial charge in [0.05, 0.1) is 12.4 Å². The van der Waals surface area contributed by atoms with Crippen molar-refractivity contribution in [2.75, 3.05) is 24.8 Å². The van der Waals surface area contributed by atoms with Crippen molar-refractivity contribution in [3.8, 4) is 0 Å². The van der Waals surface area contributed by atoms with E-state index in [9.17, 15) is 8.42 Å². The fourth-order valence-corrected chi connectivity index (χ4v) is 2.81. The molecular formula is C7H14ClNO3S. The molecule has 1 atom stereocenters. The van der Waals surface area contributed by atoms with Gasteiger partial charge < -0.3 is 4.74 Å². The molecule has 0 bridgehead atoms. The lowest BCUT2D eigenvalue weighted by Gasteiger charge is -2.10. The summed E-state index contributed by atoms with van der Waals surface area (Å²) < 4.78 is 30.3. The Morgan fingerprint density at radius 1 is 1.54 bits per heavy atom. The molecular weight excluding hydrogens is 214 g/mol. The molecule has 1 N–H and O–H groups in total. The number of nitrogens with one attached hydrogen (secondary N) is 1. The van der Waals surface area contributed by atoms with E-state index in [1.54, 1.807) is 0 Å². The lowest BCUT2D eigenvalue weighted by atomic mass is 10.3. The summed E-state index contributed by atoms with van der Waals surface area (Å²) in [7, 11) is -3.14. The van der Waals surface area contributed by atoms with E-state index >= 15 is 0 Å². The van der Waals surface area contributed by atoms with Gasteiger partial charge in [-0.3, -0.25) is 0 Å². The number of alkyl halides is 1. The highest BCUT2D eigenvalue weighted by Gasteiger charge is 2.21. The maximum atomic E-state index is 11.3. The number of hydrogen-bond donors (Lipinski definition) is 1. The van der Waals surface area contributed by atoms with Crippen molar-refractivity contribution < 1.29 is 13.2 Å². The fourth-order valence-electron chi connectivity index (χ4n) is 1.18. The van der Waals surface area contributed by atoms with Crippen molar-refractivity contribution in [1.82, 2.24) is 4.72 Å². The van der Waals surface area contributed by atoms with Gasteiger partial charge >= 0.3 is 0 Å². The summed E-state index contributed by atoms with van der Waals surface area (Å²) in [6.45, 7) is 1.13. The van der Waals surface area contributed by atoms with Crippen molar-refractivity contribution in [1.29, 1.82) is 0 Å². The molecule has 0 amide bonds. The summed E-state index contributed by atoms with van der Waals surface area (Å²) in [5.41, 5.74) is 0. The number of halogens is 1. The lowest BCUT2D eigenvalue weighted by Crippen LogP contribution is -2.36. The highest BCUT2D eigenvalue weighted by Crippen LogP contribution is 2.05. The number of rotatable bonds is 5. The molecule has 0 aliphatic carbocycles. The van der Waals surface area contributed by atoms with Crippen LogP contribution in [0.3, 0.4) is 0 Å². The second-order valence-corrected chi connectivity index (χ2v) is 5.29. The predicted octanol–water partition coefficient (Wildman–Crippen LogP) is 0.324. The summed E-state index contributed by atoms with van der Waals surface area (Å²) in [5, 5.41) is 0. The minimum absolute atomic E-state index is 0.0414. The zero-order valence-electron chi connectivity index (χ0n) is 7.33. The van der Waals surface area contributed by atoms with E-state index < -0.39 is 10.0 Å². The minimum atomic E-state index is -3.14. The monoisotopic (exact) mass is 227 g/mol. The molecule has 4 nitrogen and oxygen atoms in total. The molecule has 1 rings (SSSR count). The Morgan fingerprint density at radius 3 is 2.85 bits per heavy atom. The van der Waals surface area contributed by atoms with E-state index in [2.05, 4.69) is 4.72 Å². The van der Waals surface area contributed by atoms with Gasteiger partial charge in [-0.25, -0.2) is 13.1 Å². The fraction of sp³-hybridized carbons (Fsp3) is 1.00. The molecule has 0 radical (unpaired) electrons. The van der Waals surface area contributed by atoms with Gasteiger partial charge in [-0.15, -0.1) is 11.6 Å². The van der Waals surface area contributed by atoms with Crippen molar-refractivity contribution in [3.63, 3.8) is 0 Å². The van der Waals surface area contributed by atoms with E-state index in [1.165, 1.54) is 0 Å². The molecule has 1 aliphatic heterocycles. The maximum absolute atomic E-state index is 11.3. The first-order chi connectivity index (χ1) is 6.14. The summed E-state index contributed by atoms with van der Waals surface area (Å²) >= 11 is 5.41. The Balaban J connectivity index is 2.32. The van der Waals surface area contributed by atoms with Gasteiger partial charge in [0.25, 0.3) is 0 Å². The van der Waals surface area contributed by atoms with Crippen LogP contribution in [-0.4, -0.2) is 39.3 Å². The Bertz CT molecular complexity index is 236. The third kappa shape index (κ3) is 4.26. The molecule has 0 aromatic carbocycles. The molecule has 1 aliphatic rings. The Morgan fingerprint density at radius 2 is 2.31 bits per heavy atom. The number of sulfonamides is 1. The normalized spacial score (nSPS) is 23.6. The van der Waals surface area contributed by atoms with Crippen LogP contribution in [0, 0.1) is 0 Å². The first-order valence-corrected chi connectivity index (χ1v) is 6.46. The number of hydrogen-bond acceptors (Lipinski definition) is 3. The quantitative estimate of drug-likeness (QED) is 0.689. The van der Waals surface area contributed by atoms with Crippen molar-refractivity contribution >= 4 is 21.6 Å².